The third-order valence-electron chi connectivity index (χ3n) is 7.09. The Morgan fingerprint density at radius 1 is 1.07 bits per heavy atom. The number of amides is 1. The molecule has 1 aromatic rings. The molecule has 0 radical (unpaired) electrons. The molecular weight excluding hydrogens is 370 g/mol. The zero-order chi connectivity index (χ0) is 19.5. The van der Waals surface area contributed by atoms with Crippen molar-refractivity contribution in [1.82, 2.24) is 10.2 Å². The highest BCUT2D eigenvalue weighted by Crippen LogP contribution is 2.40. The van der Waals surface area contributed by atoms with E-state index in [1.54, 1.807) is 0 Å². The quantitative estimate of drug-likeness (QED) is 0.773. The summed E-state index contributed by atoms with van der Waals surface area (Å²) in [4.78, 5) is 17.6. The molecule has 1 aromatic carbocycles. The Kier molecular flexibility index (Phi) is 6.47. The molecule has 0 bridgehead atoms. The molecule has 28 heavy (non-hydrogen) atoms. The van der Waals surface area contributed by atoms with Crippen molar-refractivity contribution in [1.29, 1.82) is 0 Å². The van der Waals surface area contributed by atoms with Gasteiger partial charge in [0.25, 0.3) is 0 Å². The van der Waals surface area contributed by atoms with Gasteiger partial charge in [-0.1, -0.05) is 24.9 Å². The number of benzene rings is 1. The summed E-state index contributed by atoms with van der Waals surface area (Å²) in [6, 6.07) is 8.57. The number of halogens is 1. The summed E-state index contributed by atoms with van der Waals surface area (Å²) in [6.07, 6.45) is 7.29. The van der Waals surface area contributed by atoms with Crippen molar-refractivity contribution >= 4 is 23.2 Å². The maximum atomic E-state index is 12.6. The average molecular weight is 404 g/mol. The number of carbonyl (C=O) groups excluding carboxylic acids is 1. The summed E-state index contributed by atoms with van der Waals surface area (Å²) in [5.41, 5.74) is 1.26. The van der Waals surface area contributed by atoms with Crippen molar-refractivity contribution in [2.24, 2.45) is 17.8 Å². The van der Waals surface area contributed by atoms with E-state index in [-0.39, 0.29) is 5.92 Å². The number of nitrogens with one attached hydrogen (secondary N) is 1. The minimum atomic E-state index is 0.262. The first-order valence-corrected chi connectivity index (χ1v) is 11.5. The van der Waals surface area contributed by atoms with Crippen LogP contribution in [0, 0.1) is 17.8 Å². The van der Waals surface area contributed by atoms with Crippen LogP contribution >= 0.6 is 11.6 Å². The van der Waals surface area contributed by atoms with Crippen molar-refractivity contribution in [3.8, 4) is 0 Å². The second-order valence-corrected chi connectivity index (χ2v) is 9.44. The number of hydrogen-bond acceptors (Lipinski definition) is 3. The van der Waals surface area contributed by atoms with Gasteiger partial charge in [0.2, 0.25) is 5.91 Å². The predicted octanol–water partition coefficient (Wildman–Crippen LogP) is 4.18. The zero-order valence-corrected chi connectivity index (χ0v) is 17.8. The predicted molar refractivity (Wildman–Crippen MR) is 116 cm³/mol. The summed E-state index contributed by atoms with van der Waals surface area (Å²) < 4.78 is 0. The first kappa shape index (κ1) is 20.0. The molecule has 4 rings (SSSR count). The maximum absolute atomic E-state index is 12.6. The first-order valence-electron chi connectivity index (χ1n) is 11.2. The van der Waals surface area contributed by atoms with E-state index in [2.05, 4.69) is 34.2 Å². The molecule has 154 valence electrons. The van der Waals surface area contributed by atoms with Gasteiger partial charge in [-0.2, -0.15) is 0 Å². The lowest BCUT2D eigenvalue weighted by molar-refractivity contribution is -0.123. The van der Waals surface area contributed by atoms with Gasteiger partial charge in [0.1, 0.15) is 0 Å². The van der Waals surface area contributed by atoms with Crippen LogP contribution in [0.25, 0.3) is 0 Å². The third-order valence-corrected chi connectivity index (χ3v) is 7.34. The Morgan fingerprint density at radius 2 is 1.75 bits per heavy atom. The maximum Gasteiger partial charge on any atom is 0.223 e. The van der Waals surface area contributed by atoms with Crippen molar-refractivity contribution < 1.29 is 4.79 Å². The Bertz CT molecular complexity index is 648. The van der Waals surface area contributed by atoms with Crippen molar-refractivity contribution in [2.75, 3.05) is 37.6 Å². The highest BCUT2D eigenvalue weighted by Gasteiger charge is 2.44. The van der Waals surface area contributed by atoms with E-state index in [1.165, 1.54) is 37.8 Å². The number of piperazine rings is 1. The lowest BCUT2D eigenvalue weighted by atomic mass is 9.84. The summed E-state index contributed by atoms with van der Waals surface area (Å²) in [5, 5.41) is 4.14. The van der Waals surface area contributed by atoms with Crippen molar-refractivity contribution in [3.05, 3.63) is 29.3 Å². The van der Waals surface area contributed by atoms with Gasteiger partial charge < -0.3 is 10.2 Å². The average Bonchev–Trinajstić information content (AvgIpc) is 3.49. The molecule has 4 nitrogen and oxygen atoms in total. The second-order valence-electron chi connectivity index (χ2n) is 9.00. The van der Waals surface area contributed by atoms with Crippen molar-refractivity contribution in [3.63, 3.8) is 0 Å². The van der Waals surface area contributed by atoms with Crippen LogP contribution in [0.3, 0.4) is 0 Å². The summed E-state index contributed by atoms with van der Waals surface area (Å²) >= 11 is 5.99. The molecule has 2 aliphatic carbocycles. The van der Waals surface area contributed by atoms with Crippen LogP contribution in [-0.4, -0.2) is 49.6 Å². The van der Waals surface area contributed by atoms with Crippen LogP contribution in [0.1, 0.15) is 45.4 Å². The molecule has 1 amide bonds. The lowest BCUT2D eigenvalue weighted by Crippen LogP contribution is -2.47. The van der Waals surface area contributed by atoms with Gasteiger partial charge in [0.15, 0.2) is 0 Å². The lowest BCUT2D eigenvalue weighted by Gasteiger charge is -2.36. The van der Waals surface area contributed by atoms with Crippen molar-refractivity contribution in [2.45, 2.75) is 51.5 Å². The van der Waals surface area contributed by atoms with E-state index in [9.17, 15) is 4.79 Å². The van der Waals surface area contributed by atoms with Gasteiger partial charge >= 0.3 is 0 Å². The Balaban J connectivity index is 1.16. The van der Waals surface area contributed by atoms with Crippen LogP contribution in [0.2, 0.25) is 5.02 Å². The van der Waals surface area contributed by atoms with E-state index < -0.39 is 0 Å². The number of anilines is 1. The number of nitrogens with zero attached hydrogens (tertiary/aromatic N) is 2. The van der Waals surface area contributed by atoms with Gasteiger partial charge in [-0.05, 0) is 68.2 Å². The number of rotatable bonds is 6. The van der Waals surface area contributed by atoms with E-state index in [0.717, 1.165) is 50.1 Å². The molecular formula is C23H34ClN3O. The minimum Gasteiger partial charge on any atom is -0.369 e. The zero-order valence-electron chi connectivity index (χ0n) is 17.1. The fourth-order valence-corrected chi connectivity index (χ4v) is 5.09. The van der Waals surface area contributed by atoms with Gasteiger partial charge in [-0.15, -0.1) is 0 Å². The fraction of sp³-hybridized carbons (Fsp3) is 0.696. The van der Waals surface area contributed by atoms with E-state index in [0.29, 0.717) is 17.9 Å². The van der Waals surface area contributed by atoms with E-state index in [1.807, 2.05) is 12.1 Å². The number of hydrogen-bond donors (Lipinski definition) is 1. The molecule has 2 saturated carbocycles. The van der Waals surface area contributed by atoms with Crippen LogP contribution in [0.5, 0.6) is 0 Å². The van der Waals surface area contributed by atoms with Gasteiger partial charge in [-0.25, -0.2) is 0 Å². The molecule has 1 saturated heterocycles. The van der Waals surface area contributed by atoms with Crippen LogP contribution in [-0.2, 0) is 4.79 Å². The second kappa shape index (κ2) is 9.04. The summed E-state index contributed by atoms with van der Waals surface area (Å²) in [6.45, 7) is 7.61. The molecule has 3 aliphatic rings. The van der Waals surface area contributed by atoms with Gasteiger partial charge in [0, 0.05) is 55.4 Å². The standard InChI is InChI=1S/C23H34ClN3O/c1-2-17-3-7-20(8-4-17)25-23(28)22-15-18(22)16-26-11-13-27(14-12-26)21-9-5-19(24)6-10-21/h5-6,9-10,17-18,20,22H,2-4,7-8,11-16H2,1H3,(H,25,28)/t17-,18-,20-,22+/m0/s1. The minimum absolute atomic E-state index is 0.262. The molecule has 1 N–H and O–H groups in total. The SMILES string of the molecule is CC[C@H]1CC[C@H](NC(=O)[C@@H]2C[C@H]2CN2CCN(c3ccc(Cl)cc3)CC2)CC1. The fourth-order valence-electron chi connectivity index (χ4n) is 4.97. The molecule has 0 spiro atoms. The van der Waals surface area contributed by atoms with Crippen LogP contribution < -0.4 is 10.2 Å². The third kappa shape index (κ3) is 5.01. The summed E-state index contributed by atoms with van der Waals surface area (Å²) in [5.74, 6) is 2.03. The first-order chi connectivity index (χ1) is 13.6. The molecule has 2 atom stereocenters. The normalized spacial score (nSPS) is 30.9. The molecule has 5 heteroatoms. The van der Waals surface area contributed by atoms with E-state index in [4.69, 9.17) is 11.6 Å². The highest BCUT2D eigenvalue weighted by molar-refractivity contribution is 6.30. The van der Waals surface area contributed by atoms with Gasteiger partial charge in [0.05, 0.1) is 0 Å². The van der Waals surface area contributed by atoms with Gasteiger partial charge in [-0.3, -0.25) is 9.69 Å². The van der Waals surface area contributed by atoms with Crippen LogP contribution in [0.4, 0.5) is 5.69 Å². The Hall–Kier alpha value is -1.26. The molecule has 3 fully saturated rings. The largest absolute Gasteiger partial charge is 0.369 e. The van der Waals surface area contributed by atoms with Crippen LogP contribution in [0.15, 0.2) is 24.3 Å². The molecule has 1 heterocycles. The molecule has 0 unspecified atom stereocenters. The highest BCUT2D eigenvalue weighted by atomic mass is 35.5. The smallest absolute Gasteiger partial charge is 0.223 e. The number of carbonyl (C=O) groups is 1. The summed E-state index contributed by atoms with van der Waals surface area (Å²) in [7, 11) is 0. The van der Waals surface area contributed by atoms with E-state index >= 15 is 0 Å². The Labute approximate surface area is 174 Å². The Morgan fingerprint density at radius 3 is 2.39 bits per heavy atom. The topological polar surface area (TPSA) is 35.6 Å². The monoisotopic (exact) mass is 403 g/mol. The molecule has 0 aromatic heterocycles. The molecule has 1 aliphatic heterocycles.